The zero-order chi connectivity index (χ0) is 8.69. The third-order valence-electron chi connectivity index (χ3n) is 1.09. The minimum atomic E-state index is -0.339. The summed E-state index contributed by atoms with van der Waals surface area (Å²) in [6.45, 7) is 3.67. The van der Waals surface area contributed by atoms with Crippen molar-refractivity contribution in [3.63, 3.8) is 0 Å². The zero-order valence-electron chi connectivity index (χ0n) is 7.39. The number of nitrogens with one attached hydrogen (secondary N) is 1. The topological polar surface area (TPSA) is 41.6 Å². The Kier molecular flexibility index (Phi) is 5.56. The van der Waals surface area contributed by atoms with Crippen molar-refractivity contribution in [3.05, 3.63) is 0 Å². The van der Waals surface area contributed by atoms with Crippen molar-refractivity contribution in [3.8, 4) is 0 Å². The molecular formula is C7H16N2O2. The molecule has 4 nitrogen and oxygen atoms in total. The molecule has 0 aromatic rings. The molecule has 0 aromatic heterocycles. The molecule has 4 heteroatoms. The van der Waals surface area contributed by atoms with Crippen LogP contribution < -0.4 is 5.32 Å². The Morgan fingerprint density at radius 1 is 1.55 bits per heavy atom. The fourth-order valence-electron chi connectivity index (χ4n) is 0.516. The van der Waals surface area contributed by atoms with Gasteiger partial charge in [-0.3, -0.25) is 0 Å². The summed E-state index contributed by atoms with van der Waals surface area (Å²) in [5.41, 5.74) is 0. The number of likely N-dealkylation sites (N-methyl/N-ethyl adjacent to an activating group) is 1. The Labute approximate surface area is 67.5 Å². The minimum absolute atomic E-state index is 0.339. The SMILES string of the molecule is CCNC(=O)OCCN(C)C. The van der Waals surface area contributed by atoms with E-state index in [1.165, 1.54) is 0 Å². The van der Waals surface area contributed by atoms with Crippen LogP contribution in [0.15, 0.2) is 0 Å². The van der Waals surface area contributed by atoms with Crippen LogP contribution in [0, 0.1) is 0 Å². The molecule has 0 aliphatic carbocycles. The highest BCUT2D eigenvalue weighted by molar-refractivity contribution is 5.66. The number of rotatable bonds is 4. The van der Waals surface area contributed by atoms with Crippen molar-refractivity contribution in [2.24, 2.45) is 0 Å². The van der Waals surface area contributed by atoms with Gasteiger partial charge in [0, 0.05) is 13.1 Å². The van der Waals surface area contributed by atoms with E-state index in [1.807, 2.05) is 25.9 Å². The van der Waals surface area contributed by atoms with Gasteiger partial charge in [-0.2, -0.15) is 0 Å². The largest absolute Gasteiger partial charge is 0.448 e. The Bertz CT molecular complexity index is 115. The summed E-state index contributed by atoms with van der Waals surface area (Å²) < 4.78 is 4.80. The van der Waals surface area contributed by atoms with E-state index < -0.39 is 0 Å². The van der Waals surface area contributed by atoms with Gasteiger partial charge < -0.3 is 15.0 Å². The molecule has 0 radical (unpaired) electrons. The number of carbonyl (C=O) groups excluding carboxylic acids is 1. The molecule has 66 valence electrons. The Morgan fingerprint density at radius 2 is 2.18 bits per heavy atom. The normalized spacial score (nSPS) is 9.82. The molecule has 0 saturated heterocycles. The first-order valence-electron chi connectivity index (χ1n) is 3.72. The lowest BCUT2D eigenvalue weighted by atomic mass is 10.6. The van der Waals surface area contributed by atoms with Gasteiger partial charge in [0.05, 0.1) is 0 Å². The van der Waals surface area contributed by atoms with E-state index in [9.17, 15) is 4.79 Å². The number of alkyl carbamates (subject to hydrolysis) is 1. The third-order valence-corrected chi connectivity index (χ3v) is 1.09. The Hall–Kier alpha value is -0.770. The lowest BCUT2D eigenvalue weighted by Gasteiger charge is -2.09. The molecule has 0 heterocycles. The predicted molar refractivity (Wildman–Crippen MR) is 43.6 cm³/mol. The molecule has 0 unspecified atom stereocenters. The fourth-order valence-corrected chi connectivity index (χ4v) is 0.516. The number of carbonyl (C=O) groups is 1. The van der Waals surface area contributed by atoms with Crippen LogP contribution in [0.5, 0.6) is 0 Å². The second-order valence-electron chi connectivity index (χ2n) is 2.47. The molecule has 0 aromatic carbocycles. The first kappa shape index (κ1) is 10.2. The van der Waals surface area contributed by atoms with Crippen LogP contribution in [0.4, 0.5) is 4.79 Å². The quantitative estimate of drug-likeness (QED) is 0.643. The van der Waals surface area contributed by atoms with Gasteiger partial charge in [-0.25, -0.2) is 4.79 Å². The fraction of sp³-hybridized carbons (Fsp3) is 0.857. The smallest absolute Gasteiger partial charge is 0.407 e. The first-order valence-corrected chi connectivity index (χ1v) is 3.72. The maximum atomic E-state index is 10.7. The summed E-state index contributed by atoms with van der Waals surface area (Å²) in [6.07, 6.45) is -0.339. The predicted octanol–water partition coefficient (Wildman–Crippen LogP) is 0.294. The molecule has 0 spiro atoms. The number of hydrogen-bond donors (Lipinski definition) is 1. The van der Waals surface area contributed by atoms with Crippen molar-refractivity contribution >= 4 is 6.09 Å². The summed E-state index contributed by atoms with van der Waals surface area (Å²) in [7, 11) is 3.86. The summed E-state index contributed by atoms with van der Waals surface area (Å²) >= 11 is 0. The summed E-state index contributed by atoms with van der Waals surface area (Å²) in [4.78, 5) is 12.6. The first-order chi connectivity index (χ1) is 5.16. The van der Waals surface area contributed by atoms with Gasteiger partial charge in [-0.1, -0.05) is 0 Å². The standard InChI is InChI=1S/C7H16N2O2/c1-4-8-7(10)11-6-5-9(2)3/h4-6H2,1-3H3,(H,8,10). The van der Waals surface area contributed by atoms with E-state index in [0.29, 0.717) is 13.2 Å². The molecule has 1 amide bonds. The highest BCUT2D eigenvalue weighted by atomic mass is 16.5. The van der Waals surface area contributed by atoms with Gasteiger partial charge in [-0.15, -0.1) is 0 Å². The van der Waals surface area contributed by atoms with Gasteiger partial charge in [-0.05, 0) is 21.0 Å². The average molecular weight is 160 g/mol. The maximum absolute atomic E-state index is 10.7. The van der Waals surface area contributed by atoms with E-state index in [-0.39, 0.29) is 6.09 Å². The van der Waals surface area contributed by atoms with Crippen molar-refractivity contribution < 1.29 is 9.53 Å². The van der Waals surface area contributed by atoms with Crippen LogP contribution in [0.3, 0.4) is 0 Å². The molecule has 0 bridgehead atoms. The summed E-state index contributed by atoms with van der Waals surface area (Å²) in [6, 6.07) is 0. The van der Waals surface area contributed by atoms with Gasteiger partial charge in [0.1, 0.15) is 6.61 Å². The van der Waals surface area contributed by atoms with Crippen molar-refractivity contribution in [1.29, 1.82) is 0 Å². The summed E-state index contributed by atoms with van der Waals surface area (Å²) in [5.74, 6) is 0. The Morgan fingerprint density at radius 3 is 2.64 bits per heavy atom. The van der Waals surface area contributed by atoms with Crippen LogP contribution in [0.1, 0.15) is 6.92 Å². The van der Waals surface area contributed by atoms with E-state index in [2.05, 4.69) is 5.32 Å². The number of nitrogens with zero attached hydrogens (tertiary/aromatic N) is 1. The molecule has 1 N–H and O–H groups in total. The Balaban J connectivity index is 3.17. The molecule has 0 fully saturated rings. The second-order valence-corrected chi connectivity index (χ2v) is 2.47. The average Bonchev–Trinajstić information content (AvgIpc) is 1.87. The molecule has 0 atom stereocenters. The highest BCUT2D eigenvalue weighted by Gasteiger charge is 1.97. The van der Waals surface area contributed by atoms with Crippen LogP contribution in [0.25, 0.3) is 0 Å². The molecule has 0 aliphatic rings. The number of hydrogen-bond acceptors (Lipinski definition) is 3. The van der Waals surface area contributed by atoms with Gasteiger partial charge in [0.25, 0.3) is 0 Å². The molecule has 0 aliphatic heterocycles. The molecule has 0 rings (SSSR count). The van der Waals surface area contributed by atoms with Crippen LogP contribution in [-0.4, -0.2) is 44.8 Å². The number of ether oxygens (including phenoxy) is 1. The van der Waals surface area contributed by atoms with E-state index in [1.54, 1.807) is 0 Å². The van der Waals surface area contributed by atoms with Crippen LogP contribution >= 0.6 is 0 Å². The van der Waals surface area contributed by atoms with E-state index in [4.69, 9.17) is 4.74 Å². The molecule has 11 heavy (non-hydrogen) atoms. The summed E-state index contributed by atoms with van der Waals surface area (Å²) in [5, 5.41) is 2.54. The van der Waals surface area contributed by atoms with Crippen molar-refractivity contribution in [2.45, 2.75) is 6.92 Å². The van der Waals surface area contributed by atoms with E-state index >= 15 is 0 Å². The lowest BCUT2D eigenvalue weighted by molar-refractivity contribution is 0.137. The van der Waals surface area contributed by atoms with Gasteiger partial charge in [0.2, 0.25) is 0 Å². The third kappa shape index (κ3) is 7.12. The van der Waals surface area contributed by atoms with E-state index in [0.717, 1.165) is 6.54 Å². The highest BCUT2D eigenvalue weighted by Crippen LogP contribution is 1.79. The lowest BCUT2D eigenvalue weighted by Crippen LogP contribution is -2.27. The number of amides is 1. The second kappa shape index (κ2) is 5.97. The minimum Gasteiger partial charge on any atom is -0.448 e. The monoisotopic (exact) mass is 160 g/mol. The molecular weight excluding hydrogens is 144 g/mol. The van der Waals surface area contributed by atoms with Crippen LogP contribution in [-0.2, 0) is 4.74 Å². The maximum Gasteiger partial charge on any atom is 0.407 e. The van der Waals surface area contributed by atoms with Crippen molar-refractivity contribution in [2.75, 3.05) is 33.8 Å². The van der Waals surface area contributed by atoms with Crippen LogP contribution in [0.2, 0.25) is 0 Å². The van der Waals surface area contributed by atoms with Gasteiger partial charge >= 0.3 is 6.09 Å². The molecule has 0 saturated carbocycles. The van der Waals surface area contributed by atoms with Gasteiger partial charge in [0.15, 0.2) is 0 Å². The zero-order valence-corrected chi connectivity index (χ0v) is 7.39. The van der Waals surface area contributed by atoms with Crippen molar-refractivity contribution in [1.82, 2.24) is 10.2 Å².